The van der Waals surface area contributed by atoms with Gasteiger partial charge in [0.25, 0.3) is 0 Å². The minimum Gasteiger partial charge on any atom is -0.458 e. The SMILES string of the molecule is C=CCOC(=O)/C=C\C#Cc1ccccc1. The largest absolute Gasteiger partial charge is 0.458 e. The molecular formula is C14H12O2. The highest BCUT2D eigenvalue weighted by atomic mass is 16.5. The molecule has 0 aromatic heterocycles. The quantitative estimate of drug-likeness (QED) is 0.332. The lowest BCUT2D eigenvalue weighted by Gasteiger charge is -1.93. The van der Waals surface area contributed by atoms with Crippen LogP contribution in [-0.4, -0.2) is 12.6 Å². The Morgan fingerprint density at radius 3 is 2.81 bits per heavy atom. The number of esters is 1. The van der Waals surface area contributed by atoms with Gasteiger partial charge in [0.1, 0.15) is 6.61 Å². The van der Waals surface area contributed by atoms with Gasteiger partial charge in [0.2, 0.25) is 0 Å². The molecule has 80 valence electrons. The molecule has 16 heavy (non-hydrogen) atoms. The second-order valence-electron chi connectivity index (χ2n) is 2.89. The molecule has 1 aromatic carbocycles. The lowest BCUT2D eigenvalue weighted by Crippen LogP contribution is -1.99. The van der Waals surface area contributed by atoms with Crippen molar-refractivity contribution in [1.29, 1.82) is 0 Å². The molecule has 0 radical (unpaired) electrons. The Labute approximate surface area is 95.2 Å². The van der Waals surface area contributed by atoms with Gasteiger partial charge >= 0.3 is 5.97 Å². The van der Waals surface area contributed by atoms with Gasteiger partial charge in [-0.25, -0.2) is 4.79 Å². The monoisotopic (exact) mass is 212 g/mol. The normalized spacial score (nSPS) is 9.25. The van der Waals surface area contributed by atoms with Gasteiger partial charge in [-0.2, -0.15) is 0 Å². The summed E-state index contributed by atoms with van der Waals surface area (Å²) < 4.78 is 4.73. The second kappa shape index (κ2) is 7.08. The van der Waals surface area contributed by atoms with E-state index in [-0.39, 0.29) is 6.61 Å². The zero-order valence-corrected chi connectivity index (χ0v) is 8.85. The van der Waals surface area contributed by atoms with Gasteiger partial charge in [0, 0.05) is 11.6 Å². The highest BCUT2D eigenvalue weighted by molar-refractivity contribution is 5.82. The van der Waals surface area contributed by atoms with Crippen LogP contribution in [-0.2, 0) is 9.53 Å². The molecule has 1 aromatic rings. The molecular weight excluding hydrogens is 200 g/mol. The Bertz CT molecular complexity index is 433. The maximum Gasteiger partial charge on any atom is 0.331 e. The molecule has 0 amide bonds. The zero-order chi connectivity index (χ0) is 11.6. The molecule has 0 aliphatic heterocycles. The minimum absolute atomic E-state index is 0.218. The number of rotatable bonds is 3. The van der Waals surface area contributed by atoms with E-state index in [2.05, 4.69) is 18.4 Å². The average molecular weight is 212 g/mol. The fraction of sp³-hybridized carbons (Fsp3) is 0.0714. The third-order valence-corrected chi connectivity index (χ3v) is 1.64. The predicted octanol–water partition coefficient (Wildman–Crippen LogP) is 2.32. The first-order valence-electron chi connectivity index (χ1n) is 4.83. The first-order valence-corrected chi connectivity index (χ1v) is 4.83. The Balaban J connectivity index is 2.45. The molecule has 0 aliphatic rings. The molecule has 0 saturated carbocycles. The molecule has 2 nitrogen and oxygen atoms in total. The molecule has 0 bridgehead atoms. The van der Waals surface area contributed by atoms with Crippen molar-refractivity contribution < 1.29 is 9.53 Å². The Morgan fingerprint density at radius 2 is 2.12 bits per heavy atom. The van der Waals surface area contributed by atoms with Gasteiger partial charge < -0.3 is 4.74 Å². The molecule has 0 fully saturated rings. The molecule has 0 heterocycles. The summed E-state index contributed by atoms with van der Waals surface area (Å²) in [7, 11) is 0. The predicted molar refractivity (Wildman–Crippen MR) is 63.6 cm³/mol. The average Bonchev–Trinajstić information content (AvgIpc) is 2.33. The van der Waals surface area contributed by atoms with Crippen LogP contribution < -0.4 is 0 Å². The molecule has 0 aliphatic carbocycles. The van der Waals surface area contributed by atoms with Gasteiger partial charge in [0.15, 0.2) is 0 Å². The summed E-state index contributed by atoms with van der Waals surface area (Å²) in [6, 6.07) is 9.54. The van der Waals surface area contributed by atoms with Crippen molar-refractivity contribution in [2.24, 2.45) is 0 Å². The van der Waals surface area contributed by atoms with E-state index < -0.39 is 5.97 Å². The van der Waals surface area contributed by atoms with Crippen molar-refractivity contribution in [3.8, 4) is 11.8 Å². The van der Waals surface area contributed by atoms with Crippen LogP contribution in [0.2, 0.25) is 0 Å². The van der Waals surface area contributed by atoms with Gasteiger partial charge in [-0.3, -0.25) is 0 Å². The van der Waals surface area contributed by atoms with Crippen molar-refractivity contribution in [3.05, 3.63) is 60.7 Å². The van der Waals surface area contributed by atoms with Crippen molar-refractivity contribution >= 4 is 5.97 Å². The summed E-state index contributed by atoms with van der Waals surface area (Å²) in [5.74, 6) is 5.23. The van der Waals surface area contributed by atoms with Crippen molar-refractivity contribution in [3.63, 3.8) is 0 Å². The van der Waals surface area contributed by atoms with E-state index in [9.17, 15) is 4.79 Å². The van der Waals surface area contributed by atoms with Crippen molar-refractivity contribution in [2.45, 2.75) is 0 Å². The van der Waals surface area contributed by atoms with Crippen LogP contribution in [0.1, 0.15) is 5.56 Å². The van der Waals surface area contributed by atoms with Crippen molar-refractivity contribution in [1.82, 2.24) is 0 Å². The highest BCUT2D eigenvalue weighted by Gasteiger charge is 1.90. The number of hydrogen-bond donors (Lipinski definition) is 0. The molecule has 0 N–H and O–H groups in total. The molecule has 2 heteroatoms. The minimum atomic E-state index is -0.415. The first-order chi connectivity index (χ1) is 7.83. The van der Waals surface area contributed by atoms with E-state index in [4.69, 9.17) is 4.74 Å². The second-order valence-corrected chi connectivity index (χ2v) is 2.89. The number of ether oxygens (including phenoxy) is 1. The fourth-order valence-electron chi connectivity index (χ4n) is 0.945. The van der Waals surface area contributed by atoms with Crippen LogP contribution in [0.4, 0.5) is 0 Å². The van der Waals surface area contributed by atoms with Crippen LogP contribution in [0.3, 0.4) is 0 Å². The topological polar surface area (TPSA) is 26.3 Å². The van der Waals surface area contributed by atoms with Crippen LogP contribution in [0.5, 0.6) is 0 Å². The smallest absolute Gasteiger partial charge is 0.331 e. The van der Waals surface area contributed by atoms with Crippen LogP contribution >= 0.6 is 0 Å². The standard InChI is InChI=1S/C14H12O2/c1-2-12-16-14(15)11-7-6-10-13-8-4-3-5-9-13/h2-5,7-9,11H,1,12H2/b11-7-. The molecule has 0 unspecified atom stereocenters. The first kappa shape index (κ1) is 11.8. The molecule has 0 atom stereocenters. The number of benzene rings is 1. The fourth-order valence-corrected chi connectivity index (χ4v) is 0.945. The molecule has 1 rings (SSSR count). The van der Waals surface area contributed by atoms with Gasteiger partial charge in [-0.05, 0) is 18.2 Å². The summed E-state index contributed by atoms with van der Waals surface area (Å²) in [5, 5.41) is 0. The van der Waals surface area contributed by atoms with E-state index in [1.54, 1.807) is 0 Å². The summed E-state index contributed by atoms with van der Waals surface area (Å²) in [4.78, 5) is 11.0. The van der Waals surface area contributed by atoms with E-state index in [0.29, 0.717) is 0 Å². The molecule has 0 spiro atoms. The van der Waals surface area contributed by atoms with E-state index in [1.807, 2.05) is 30.3 Å². The van der Waals surface area contributed by atoms with Crippen LogP contribution in [0, 0.1) is 11.8 Å². The highest BCUT2D eigenvalue weighted by Crippen LogP contribution is 1.94. The Kier molecular flexibility index (Phi) is 5.22. The summed E-state index contributed by atoms with van der Waals surface area (Å²) in [5.41, 5.74) is 0.909. The lowest BCUT2D eigenvalue weighted by molar-refractivity contribution is -0.136. The van der Waals surface area contributed by atoms with Crippen LogP contribution in [0.15, 0.2) is 55.1 Å². The number of carbonyl (C=O) groups is 1. The van der Waals surface area contributed by atoms with Crippen LogP contribution in [0.25, 0.3) is 0 Å². The summed E-state index contributed by atoms with van der Waals surface area (Å²) in [6.07, 6.45) is 4.28. The zero-order valence-electron chi connectivity index (χ0n) is 8.85. The number of carbonyl (C=O) groups excluding carboxylic acids is 1. The van der Waals surface area contributed by atoms with E-state index in [0.717, 1.165) is 5.56 Å². The lowest BCUT2D eigenvalue weighted by atomic mass is 10.2. The van der Waals surface area contributed by atoms with E-state index >= 15 is 0 Å². The summed E-state index contributed by atoms with van der Waals surface area (Å²) in [6.45, 7) is 3.66. The Morgan fingerprint density at radius 1 is 1.38 bits per heavy atom. The van der Waals surface area contributed by atoms with Gasteiger partial charge in [0.05, 0.1) is 0 Å². The summed E-state index contributed by atoms with van der Waals surface area (Å²) >= 11 is 0. The van der Waals surface area contributed by atoms with Gasteiger partial charge in [-0.1, -0.05) is 42.7 Å². The molecule has 0 saturated heterocycles. The maximum absolute atomic E-state index is 11.0. The third kappa shape index (κ3) is 4.83. The van der Waals surface area contributed by atoms with E-state index in [1.165, 1.54) is 18.2 Å². The Hall–Kier alpha value is -2.27. The van der Waals surface area contributed by atoms with Gasteiger partial charge in [-0.15, -0.1) is 0 Å². The van der Waals surface area contributed by atoms with Crippen molar-refractivity contribution in [2.75, 3.05) is 6.61 Å². The maximum atomic E-state index is 11.0. The number of hydrogen-bond acceptors (Lipinski definition) is 2. The third-order valence-electron chi connectivity index (χ3n) is 1.64. The number of allylic oxidation sites excluding steroid dienone is 1.